The normalized spacial score (nSPS) is 10.7. The van der Waals surface area contributed by atoms with Crippen molar-refractivity contribution in [1.82, 2.24) is 0 Å². The van der Waals surface area contributed by atoms with Crippen LogP contribution in [0.4, 0.5) is 5.69 Å². The van der Waals surface area contributed by atoms with Crippen molar-refractivity contribution >= 4 is 17.6 Å². The predicted octanol–water partition coefficient (Wildman–Crippen LogP) is 6.74. The number of benzene rings is 2. The summed E-state index contributed by atoms with van der Waals surface area (Å²) in [5, 5.41) is 3.09. The standard InChI is InChI=1S/C30H29NO4/c1-3-34-29(32)14-9-19-35-28-13-8-7-12-25(28)30(33)31-27-20-26(22-17-15-21(2)16-18-22)23-10-5-4-6-11-24(23)27/h4-8,10-13,15-18,20H,3,9,14,19H2,1-2H3,(H,31,33). The van der Waals surface area contributed by atoms with Gasteiger partial charge in [-0.1, -0.05) is 72.3 Å². The Labute approximate surface area is 206 Å². The van der Waals surface area contributed by atoms with E-state index < -0.39 is 0 Å². The second-order valence-electron chi connectivity index (χ2n) is 8.28. The molecule has 35 heavy (non-hydrogen) atoms. The molecular weight excluding hydrogens is 438 g/mol. The molecule has 0 unspecified atom stereocenters. The first-order valence-electron chi connectivity index (χ1n) is 11.8. The van der Waals surface area contributed by atoms with Crippen LogP contribution in [0.2, 0.25) is 0 Å². The lowest BCUT2D eigenvalue weighted by atomic mass is 10.0. The van der Waals surface area contributed by atoms with Gasteiger partial charge < -0.3 is 14.8 Å². The van der Waals surface area contributed by atoms with Crippen LogP contribution in [-0.4, -0.2) is 25.1 Å². The maximum absolute atomic E-state index is 13.3. The van der Waals surface area contributed by atoms with Gasteiger partial charge in [-0.15, -0.1) is 0 Å². The first kappa shape index (κ1) is 24.0. The Morgan fingerprint density at radius 3 is 2.31 bits per heavy atom. The molecule has 0 aromatic heterocycles. The van der Waals surface area contributed by atoms with Crippen LogP contribution in [0, 0.1) is 6.92 Å². The number of fused-ring (bicyclic) bond motifs is 1. The number of carbonyl (C=O) groups excluding carboxylic acids is 2. The van der Waals surface area contributed by atoms with Gasteiger partial charge >= 0.3 is 5.97 Å². The highest BCUT2D eigenvalue weighted by Crippen LogP contribution is 2.42. The van der Waals surface area contributed by atoms with Crippen molar-refractivity contribution in [2.24, 2.45) is 0 Å². The fraction of sp³-hybridized carbons (Fsp3) is 0.200. The Balaban J connectivity index is 1.55. The van der Waals surface area contributed by atoms with Gasteiger partial charge in [-0.2, -0.15) is 0 Å². The van der Waals surface area contributed by atoms with Crippen LogP contribution in [0.25, 0.3) is 22.3 Å². The van der Waals surface area contributed by atoms with Gasteiger partial charge in [0.25, 0.3) is 5.91 Å². The van der Waals surface area contributed by atoms with Crippen LogP contribution in [0.15, 0.2) is 84.9 Å². The van der Waals surface area contributed by atoms with Crippen LogP contribution < -0.4 is 10.1 Å². The lowest BCUT2D eigenvalue weighted by Gasteiger charge is -2.12. The number of rotatable bonds is 9. The summed E-state index contributed by atoms with van der Waals surface area (Å²) in [5.74, 6) is -0.0170. The average molecular weight is 468 g/mol. The Kier molecular flexibility index (Phi) is 7.78. The Bertz CT molecular complexity index is 1280. The number of hydrogen-bond donors (Lipinski definition) is 1. The molecular formula is C30H29NO4. The number of carbonyl (C=O) groups is 2. The predicted molar refractivity (Wildman–Crippen MR) is 139 cm³/mol. The van der Waals surface area contributed by atoms with E-state index in [4.69, 9.17) is 9.47 Å². The van der Waals surface area contributed by atoms with Crippen LogP contribution in [0.5, 0.6) is 5.75 Å². The largest absolute Gasteiger partial charge is 0.493 e. The van der Waals surface area contributed by atoms with Crippen molar-refractivity contribution in [3.05, 3.63) is 96.1 Å². The van der Waals surface area contributed by atoms with Crippen LogP contribution in [-0.2, 0) is 9.53 Å². The van der Waals surface area contributed by atoms with Crippen molar-refractivity contribution in [3.8, 4) is 28.0 Å². The molecule has 4 rings (SSSR count). The number of esters is 1. The first-order valence-corrected chi connectivity index (χ1v) is 11.8. The van der Waals surface area contributed by atoms with Crippen LogP contribution >= 0.6 is 0 Å². The van der Waals surface area contributed by atoms with E-state index in [2.05, 4.69) is 42.6 Å². The Morgan fingerprint density at radius 2 is 1.54 bits per heavy atom. The summed E-state index contributed by atoms with van der Waals surface area (Å²) in [4.78, 5) is 24.8. The van der Waals surface area contributed by atoms with Crippen molar-refractivity contribution in [2.45, 2.75) is 26.7 Å². The smallest absolute Gasteiger partial charge is 0.305 e. The summed E-state index contributed by atoms with van der Waals surface area (Å²) in [6.07, 6.45) is 0.791. The molecule has 2 aliphatic carbocycles. The van der Waals surface area contributed by atoms with Gasteiger partial charge in [-0.3, -0.25) is 9.59 Å². The second kappa shape index (κ2) is 11.3. The van der Waals surface area contributed by atoms with Crippen molar-refractivity contribution in [1.29, 1.82) is 0 Å². The number of ether oxygens (including phenoxy) is 2. The molecule has 0 radical (unpaired) electrons. The van der Waals surface area contributed by atoms with Gasteiger partial charge in [-0.25, -0.2) is 0 Å². The second-order valence-corrected chi connectivity index (χ2v) is 8.28. The van der Waals surface area contributed by atoms with Crippen molar-refractivity contribution in [2.75, 3.05) is 18.5 Å². The summed E-state index contributed by atoms with van der Waals surface area (Å²) >= 11 is 0. The van der Waals surface area contributed by atoms with E-state index in [-0.39, 0.29) is 18.3 Å². The third kappa shape index (κ3) is 5.87. The van der Waals surface area contributed by atoms with Gasteiger partial charge in [0.2, 0.25) is 0 Å². The Hall–Kier alpha value is -4.12. The first-order chi connectivity index (χ1) is 17.1. The molecule has 178 valence electrons. The van der Waals surface area contributed by atoms with Gasteiger partial charge in [0, 0.05) is 17.7 Å². The summed E-state index contributed by atoms with van der Waals surface area (Å²) in [7, 11) is 0. The third-order valence-electron chi connectivity index (χ3n) is 5.74. The van der Waals surface area contributed by atoms with Gasteiger partial charge in [0.05, 0.1) is 18.8 Å². The van der Waals surface area contributed by atoms with E-state index in [0.29, 0.717) is 30.9 Å². The van der Waals surface area contributed by atoms with Gasteiger partial charge in [-0.05, 0) is 55.2 Å². The lowest BCUT2D eigenvalue weighted by Crippen LogP contribution is -2.14. The van der Waals surface area contributed by atoms with Crippen molar-refractivity contribution < 1.29 is 19.1 Å². The van der Waals surface area contributed by atoms with E-state index in [1.165, 1.54) is 5.56 Å². The minimum Gasteiger partial charge on any atom is -0.493 e. The molecule has 2 aromatic rings. The van der Waals surface area contributed by atoms with E-state index in [0.717, 1.165) is 27.9 Å². The number of nitrogens with one attached hydrogen (secondary N) is 1. The fourth-order valence-electron chi connectivity index (χ4n) is 3.99. The number of aryl methyl sites for hydroxylation is 1. The summed E-state index contributed by atoms with van der Waals surface area (Å²) < 4.78 is 10.8. The highest BCUT2D eigenvalue weighted by atomic mass is 16.5. The quantitative estimate of drug-likeness (QED) is 0.219. The molecule has 1 N–H and O–H groups in total. The lowest BCUT2D eigenvalue weighted by molar-refractivity contribution is -0.143. The molecule has 2 aliphatic rings. The number of amides is 1. The minimum absolute atomic E-state index is 0.247. The number of anilines is 1. The number of para-hydroxylation sites is 1. The topological polar surface area (TPSA) is 64.6 Å². The summed E-state index contributed by atoms with van der Waals surface area (Å²) in [6, 6.07) is 27.6. The van der Waals surface area contributed by atoms with Gasteiger partial charge in [0.15, 0.2) is 0 Å². The highest BCUT2D eigenvalue weighted by Gasteiger charge is 2.20. The maximum Gasteiger partial charge on any atom is 0.305 e. The molecule has 0 heterocycles. The third-order valence-corrected chi connectivity index (χ3v) is 5.74. The monoisotopic (exact) mass is 467 g/mol. The molecule has 5 heteroatoms. The molecule has 0 saturated carbocycles. The molecule has 0 fully saturated rings. The zero-order chi connectivity index (χ0) is 24.6. The van der Waals surface area contributed by atoms with Crippen molar-refractivity contribution in [3.63, 3.8) is 0 Å². The molecule has 0 saturated heterocycles. The average Bonchev–Trinajstić information content (AvgIpc) is 3.02. The Morgan fingerprint density at radius 1 is 0.829 bits per heavy atom. The molecule has 1 amide bonds. The van der Waals surface area contributed by atoms with E-state index in [9.17, 15) is 9.59 Å². The summed E-state index contributed by atoms with van der Waals surface area (Å²) in [5.41, 5.74) is 6.57. The molecule has 0 aliphatic heterocycles. The zero-order valence-electron chi connectivity index (χ0n) is 20.0. The van der Waals surface area contributed by atoms with E-state index in [1.54, 1.807) is 25.1 Å². The highest BCUT2D eigenvalue weighted by molar-refractivity contribution is 6.10. The van der Waals surface area contributed by atoms with Gasteiger partial charge in [0.1, 0.15) is 5.75 Å². The molecule has 0 atom stereocenters. The number of hydrogen-bond acceptors (Lipinski definition) is 4. The van der Waals surface area contributed by atoms with E-state index >= 15 is 0 Å². The van der Waals surface area contributed by atoms with E-state index in [1.807, 2.05) is 36.4 Å². The fourth-order valence-corrected chi connectivity index (χ4v) is 3.99. The molecule has 2 aromatic carbocycles. The SMILES string of the molecule is CCOC(=O)CCCOc1ccccc1C(=O)Nc1cc(-c2ccc(C)cc2)c2cccccc1-2. The maximum atomic E-state index is 13.3. The minimum atomic E-state index is -0.250. The van der Waals surface area contributed by atoms with Crippen LogP contribution in [0.3, 0.4) is 0 Å². The molecule has 0 spiro atoms. The zero-order valence-corrected chi connectivity index (χ0v) is 20.0. The molecule has 0 bridgehead atoms. The molecule has 5 nitrogen and oxygen atoms in total. The summed E-state index contributed by atoms with van der Waals surface area (Å²) in [6.45, 7) is 4.52. The van der Waals surface area contributed by atoms with Crippen LogP contribution in [0.1, 0.15) is 35.7 Å².